The van der Waals surface area contributed by atoms with Gasteiger partial charge < -0.3 is 19.5 Å². The predicted molar refractivity (Wildman–Crippen MR) is 111 cm³/mol. The summed E-state index contributed by atoms with van der Waals surface area (Å²) in [6.07, 6.45) is -0.946. The van der Waals surface area contributed by atoms with Gasteiger partial charge in [-0.05, 0) is 61.0 Å². The first-order valence-electron chi connectivity index (χ1n) is 9.40. The van der Waals surface area contributed by atoms with Gasteiger partial charge in [0.1, 0.15) is 11.5 Å². The summed E-state index contributed by atoms with van der Waals surface area (Å²) in [7, 11) is 0. The average molecular weight is 393 g/mol. The Bertz CT molecular complexity index is 984. The van der Waals surface area contributed by atoms with Crippen LogP contribution in [0, 0.1) is 0 Å². The van der Waals surface area contributed by atoms with E-state index in [0.29, 0.717) is 18.0 Å². The van der Waals surface area contributed by atoms with Gasteiger partial charge in [0.05, 0.1) is 6.61 Å². The zero-order valence-electron chi connectivity index (χ0n) is 16.4. The Kier molecular flexibility index (Phi) is 6.68. The van der Waals surface area contributed by atoms with Crippen molar-refractivity contribution in [1.82, 2.24) is 0 Å². The molecule has 0 aliphatic rings. The fraction of sp³-hybridized carbons (Fsp3) is 0.217. The Morgan fingerprint density at radius 3 is 2.24 bits per heavy atom. The zero-order chi connectivity index (χ0) is 20.6. The van der Waals surface area contributed by atoms with E-state index in [4.69, 9.17) is 14.2 Å². The molecule has 3 aromatic carbocycles. The van der Waals surface area contributed by atoms with Crippen molar-refractivity contribution in [3.05, 3.63) is 66.7 Å². The largest absolute Gasteiger partial charge is 0.494 e. The number of carbonyl (C=O) groups is 2. The Morgan fingerprint density at radius 1 is 0.897 bits per heavy atom. The molecule has 0 saturated carbocycles. The fourth-order valence-corrected chi connectivity index (χ4v) is 2.74. The lowest BCUT2D eigenvalue weighted by Gasteiger charge is -2.14. The van der Waals surface area contributed by atoms with Crippen LogP contribution in [-0.2, 0) is 14.3 Å². The van der Waals surface area contributed by atoms with Crippen LogP contribution in [0.25, 0.3) is 10.8 Å². The van der Waals surface area contributed by atoms with E-state index in [2.05, 4.69) is 5.32 Å². The second-order valence-electron chi connectivity index (χ2n) is 6.38. The number of esters is 1. The second kappa shape index (κ2) is 9.59. The summed E-state index contributed by atoms with van der Waals surface area (Å²) in [5.41, 5.74) is 0.641. The Morgan fingerprint density at radius 2 is 1.55 bits per heavy atom. The minimum absolute atomic E-state index is 0.290. The van der Waals surface area contributed by atoms with Crippen molar-refractivity contribution in [3.8, 4) is 11.5 Å². The van der Waals surface area contributed by atoms with Gasteiger partial charge in [-0.15, -0.1) is 0 Å². The van der Waals surface area contributed by atoms with E-state index in [1.807, 2.05) is 49.4 Å². The van der Waals surface area contributed by atoms with E-state index in [-0.39, 0.29) is 6.61 Å². The van der Waals surface area contributed by atoms with Crippen molar-refractivity contribution in [1.29, 1.82) is 0 Å². The molecule has 3 rings (SSSR count). The van der Waals surface area contributed by atoms with Gasteiger partial charge in [0.15, 0.2) is 12.7 Å². The number of amides is 1. The normalized spacial score (nSPS) is 11.5. The molecule has 29 heavy (non-hydrogen) atoms. The van der Waals surface area contributed by atoms with E-state index in [0.717, 1.165) is 16.5 Å². The van der Waals surface area contributed by atoms with E-state index >= 15 is 0 Å². The van der Waals surface area contributed by atoms with Gasteiger partial charge >= 0.3 is 5.97 Å². The minimum Gasteiger partial charge on any atom is -0.494 e. The van der Waals surface area contributed by atoms with Crippen molar-refractivity contribution in [2.24, 2.45) is 0 Å². The molecule has 0 aliphatic carbocycles. The lowest BCUT2D eigenvalue weighted by molar-refractivity contribution is -0.155. The van der Waals surface area contributed by atoms with Crippen molar-refractivity contribution in [3.63, 3.8) is 0 Å². The Hall–Kier alpha value is -3.54. The third kappa shape index (κ3) is 5.72. The van der Waals surface area contributed by atoms with Gasteiger partial charge in [-0.3, -0.25) is 4.79 Å². The molecule has 6 nitrogen and oxygen atoms in total. The molecule has 0 bridgehead atoms. The molecule has 0 radical (unpaired) electrons. The van der Waals surface area contributed by atoms with Crippen LogP contribution in [0.1, 0.15) is 13.8 Å². The molecule has 0 saturated heterocycles. The molecule has 1 amide bonds. The molecule has 3 aromatic rings. The maximum absolute atomic E-state index is 12.3. The van der Waals surface area contributed by atoms with Crippen LogP contribution in [0.3, 0.4) is 0 Å². The maximum atomic E-state index is 12.3. The molecule has 0 aliphatic heterocycles. The number of ether oxygens (including phenoxy) is 3. The molecule has 150 valence electrons. The molecule has 1 atom stereocenters. The molecule has 0 fully saturated rings. The highest BCUT2D eigenvalue weighted by molar-refractivity contribution is 5.97. The summed E-state index contributed by atoms with van der Waals surface area (Å²) in [6.45, 7) is 3.70. The van der Waals surface area contributed by atoms with Gasteiger partial charge in [0.25, 0.3) is 5.91 Å². The summed E-state index contributed by atoms with van der Waals surface area (Å²) in [4.78, 5) is 24.3. The van der Waals surface area contributed by atoms with Crippen LogP contribution in [-0.4, -0.2) is 31.2 Å². The molecule has 1 N–H and O–H groups in total. The summed E-state index contributed by atoms with van der Waals surface area (Å²) in [5.74, 6) is 0.204. The molecule has 6 heteroatoms. The summed E-state index contributed by atoms with van der Waals surface area (Å²) < 4.78 is 15.9. The average Bonchev–Trinajstić information content (AvgIpc) is 2.73. The van der Waals surface area contributed by atoms with Crippen molar-refractivity contribution >= 4 is 28.3 Å². The lowest BCUT2D eigenvalue weighted by Crippen LogP contribution is -2.31. The highest BCUT2D eigenvalue weighted by atomic mass is 16.6. The topological polar surface area (TPSA) is 73.9 Å². The number of rotatable bonds is 8. The number of anilines is 1. The van der Waals surface area contributed by atoms with Crippen molar-refractivity contribution in [2.75, 3.05) is 18.5 Å². The van der Waals surface area contributed by atoms with E-state index in [1.165, 1.54) is 6.92 Å². The van der Waals surface area contributed by atoms with Crippen LogP contribution >= 0.6 is 0 Å². The van der Waals surface area contributed by atoms with Crippen LogP contribution in [0.4, 0.5) is 5.69 Å². The van der Waals surface area contributed by atoms with E-state index < -0.39 is 18.0 Å². The first-order chi connectivity index (χ1) is 14.0. The van der Waals surface area contributed by atoms with Gasteiger partial charge in [0.2, 0.25) is 0 Å². The third-order valence-corrected chi connectivity index (χ3v) is 4.19. The number of hydrogen-bond donors (Lipinski definition) is 1. The van der Waals surface area contributed by atoms with Crippen LogP contribution in [0.2, 0.25) is 0 Å². The van der Waals surface area contributed by atoms with Crippen LogP contribution in [0.15, 0.2) is 66.7 Å². The number of nitrogens with one attached hydrogen (secondary N) is 1. The third-order valence-electron chi connectivity index (χ3n) is 4.19. The SMILES string of the molecule is CCOc1ccc(OCC(=O)OC(C)C(=O)Nc2ccc3ccccc3c2)cc1. The van der Waals surface area contributed by atoms with Gasteiger partial charge in [-0.25, -0.2) is 4.79 Å². The lowest BCUT2D eigenvalue weighted by atomic mass is 10.1. The van der Waals surface area contributed by atoms with Gasteiger partial charge in [-0.2, -0.15) is 0 Å². The van der Waals surface area contributed by atoms with Crippen LogP contribution in [0.5, 0.6) is 11.5 Å². The summed E-state index contributed by atoms with van der Waals surface area (Å²) in [5, 5.41) is 4.85. The molecule has 0 heterocycles. The minimum atomic E-state index is -0.946. The molecule has 0 aromatic heterocycles. The number of fused-ring (bicyclic) bond motifs is 1. The quantitative estimate of drug-likeness (QED) is 0.581. The maximum Gasteiger partial charge on any atom is 0.344 e. The first kappa shape index (κ1) is 20.2. The zero-order valence-corrected chi connectivity index (χ0v) is 16.4. The molecular formula is C23H23NO5. The number of benzene rings is 3. The van der Waals surface area contributed by atoms with Crippen molar-refractivity contribution in [2.45, 2.75) is 20.0 Å². The van der Waals surface area contributed by atoms with Gasteiger partial charge in [0, 0.05) is 5.69 Å². The monoisotopic (exact) mass is 393 g/mol. The fourth-order valence-electron chi connectivity index (χ4n) is 2.74. The van der Waals surface area contributed by atoms with E-state index in [1.54, 1.807) is 24.3 Å². The number of hydrogen-bond acceptors (Lipinski definition) is 5. The van der Waals surface area contributed by atoms with Crippen LogP contribution < -0.4 is 14.8 Å². The highest BCUT2D eigenvalue weighted by Crippen LogP contribution is 2.19. The Balaban J connectivity index is 1.48. The van der Waals surface area contributed by atoms with E-state index in [9.17, 15) is 9.59 Å². The summed E-state index contributed by atoms with van der Waals surface area (Å²) >= 11 is 0. The standard InChI is InChI=1S/C23H23NO5/c1-3-27-20-10-12-21(13-11-20)28-15-22(25)29-16(2)23(26)24-19-9-8-17-6-4-5-7-18(17)14-19/h4-14,16H,3,15H2,1-2H3,(H,24,26). The second-order valence-corrected chi connectivity index (χ2v) is 6.38. The van der Waals surface area contributed by atoms with Crippen molar-refractivity contribution < 1.29 is 23.8 Å². The highest BCUT2D eigenvalue weighted by Gasteiger charge is 2.18. The molecule has 1 unspecified atom stereocenters. The smallest absolute Gasteiger partial charge is 0.344 e. The number of carbonyl (C=O) groups excluding carboxylic acids is 2. The first-order valence-corrected chi connectivity index (χ1v) is 9.40. The predicted octanol–water partition coefficient (Wildman–Crippen LogP) is 4.19. The molecule has 0 spiro atoms. The Labute approximate surface area is 169 Å². The molecular weight excluding hydrogens is 370 g/mol. The summed E-state index contributed by atoms with van der Waals surface area (Å²) in [6, 6.07) is 20.4. The van der Waals surface area contributed by atoms with Gasteiger partial charge in [-0.1, -0.05) is 30.3 Å².